The Morgan fingerprint density at radius 1 is 1.07 bits per heavy atom. The molecule has 0 N–H and O–H groups in total. The molecule has 2 aromatic rings. The Morgan fingerprint density at radius 2 is 1.79 bits per heavy atom. The second kappa shape index (κ2) is 7.73. The summed E-state index contributed by atoms with van der Waals surface area (Å²) in [6.45, 7) is 12.4. The fourth-order valence-corrected chi connectivity index (χ4v) is 5.05. The smallest absolute Gasteiger partial charge is 0.193 e. The molecule has 2 aromatic carbocycles. The molecule has 0 aromatic heterocycles. The molecule has 0 radical (unpaired) electrons. The average molecular weight is 454 g/mol. The van der Waals surface area contributed by atoms with Crippen LogP contribution in [0.3, 0.4) is 0 Å². The normalized spacial score (nSPS) is 16.7. The van der Waals surface area contributed by atoms with E-state index in [1.54, 1.807) is 0 Å². The number of Topliss-reactive ketones (excluding diaryl/α,β-unsaturated/α-hetero) is 1. The molecule has 0 fully saturated rings. The zero-order valence-electron chi connectivity index (χ0n) is 17.6. The Hall–Kier alpha value is -1.91. The number of ether oxygens (including phenoxy) is 1. The summed E-state index contributed by atoms with van der Waals surface area (Å²) in [5, 5.41) is 0. The van der Waals surface area contributed by atoms with Gasteiger partial charge in [-0.3, -0.25) is 4.79 Å². The van der Waals surface area contributed by atoms with Gasteiger partial charge in [0.1, 0.15) is 12.4 Å². The molecule has 0 amide bonds. The Morgan fingerprint density at radius 3 is 2.52 bits per heavy atom. The first-order valence-electron chi connectivity index (χ1n) is 10.4. The highest BCUT2D eigenvalue weighted by molar-refractivity contribution is 9.10. The Balaban J connectivity index is 1.65. The standard InChI is InChI=1S/C25H28BrNO2/c1-5-27(6-2)11-12-29-18-8-10-20-21(15-18)25(3,4)22-14-16-13-17(26)7-9-19(16)23(22)24(20)28/h7-10,13,15H,5-6,11-12,14H2,1-4H3. The predicted octanol–water partition coefficient (Wildman–Crippen LogP) is 5.65. The second-order valence-corrected chi connectivity index (χ2v) is 9.28. The van der Waals surface area contributed by atoms with Crippen molar-refractivity contribution in [3.63, 3.8) is 0 Å². The summed E-state index contributed by atoms with van der Waals surface area (Å²) in [6.07, 6.45) is 0.829. The highest BCUT2D eigenvalue weighted by Gasteiger charge is 2.42. The largest absolute Gasteiger partial charge is 0.492 e. The van der Waals surface area contributed by atoms with Crippen molar-refractivity contribution in [3.05, 3.63) is 68.7 Å². The molecule has 0 aliphatic heterocycles. The van der Waals surface area contributed by atoms with E-state index in [1.807, 2.05) is 18.2 Å². The van der Waals surface area contributed by atoms with Crippen molar-refractivity contribution in [2.45, 2.75) is 39.5 Å². The lowest BCUT2D eigenvalue weighted by molar-refractivity contribution is 0.105. The van der Waals surface area contributed by atoms with Crippen LogP contribution in [-0.2, 0) is 11.8 Å². The minimum Gasteiger partial charge on any atom is -0.492 e. The van der Waals surface area contributed by atoms with Crippen molar-refractivity contribution in [2.75, 3.05) is 26.2 Å². The number of rotatable bonds is 6. The number of halogens is 1. The number of nitrogens with zero attached hydrogens (tertiary/aromatic N) is 1. The molecular formula is C25H28BrNO2. The van der Waals surface area contributed by atoms with Crippen molar-refractivity contribution in [1.29, 1.82) is 0 Å². The van der Waals surface area contributed by atoms with Crippen molar-refractivity contribution < 1.29 is 9.53 Å². The average Bonchev–Trinajstić information content (AvgIpc) is 3.09. The van der Waals surface area contributed by atoms with Gasteiger partial charge in [-0.2, -0.15) is 0 Å². The van der Waals surface area contributed by atoms with Gasteiger partial charge in [0.15, 0.2) is 5.78 Å². The van der Waals surface area contributed by atoms with E-state index >= 15 is 0 Å². The van der Waals surface area contributed by atoms with Crippen LogP contribution in [0.5, 0.6) is 5.75 Å². The second-order valence-electron chi connectivity index (χ2n) is 8.37. The molecular weight excluding hydrogens is 426 g/mol. The summed E-state index contributed by atoms with van der Waals surface area (Å²) in [4.78, 5) is 15.8. The molecule has 29 heavy (non-hydrogen) atoms. The van der Waals surface area contributed by atoms with Crippen LogP contribution in [0.1, 0.15) is 54.7 Å². The molecule has 0 atom stereocenters. The number of fused-ring (bicyclic) bond motifs is 3. The SMILES string of the molecule is CCN(CC)CCOc1ccc2c(c1)C(C)(C)C1=C(C2=O)c2ccc(Br)cc2C1. The van der Waals surface area contributed by atoms with Crippen LogP contribution >= 0.6 is 15.9 Å². The summed E-state index contributed by atoms with van der Waals surface area (Å²) >= 11 is 3.57. The number of allylic oxidation sites excluding steroid dienone is 2. The summed E-state index contributed by atoms with van der Waals surface area (Å²) in [5.74, 6) is 0.990. The Kier molecular flexibility index (Phi) is 5.43. The van der Waals surface area contributed by atoms with Crippen molar-refractivity contribution in [1.82, 2.24) is 4.90 Å². The fraction of sp³-hybridized carbons (Fsp3) is 0.400. The maximum absolute atomic E-state index is 13.4. The first-order chi connectivity index (χ1) is 13.9. The minimum absolute atomic E-state index is 0.144. The van der Waals surface area contributed by atoms with E-state index in [4.69, 9.17) is 4.74 Å². The molecule has 3 nitrogen and oxygen atoms in total. The maximum atomic E-state index is 13.4. The van der Waals surface area contributed by atoms with Gasteiger partial charge in [-0.25, -0.2) is 0 Å². The van der Waals surface area contributed by atoms with Crippen LogP contribution < -0.4 is 4.74 Å². The van der Waals surface area contributed by atoms with Gasteiger partial charge in [-0.1, -0.05) is 49.7 Å². The lowest BCUT2D eigenvalue weighted by Crippen LogP contribution is -2.30. The predicted molar refractivity (Wildman–Crippen MR) is 122 cm³/mol. The quantitative estimate of drug-likeness (QED) is 0.565. The highest BCUT2D eigenvalue weighted by Crippen LogP contribution is 2.50. The van der Waals surface area contributed by atoms with E-state index in [2.05, 4.69) is 66.7 Å². The molecule has 0 saturated heterocycles. The van der Waals surface area contributed by atoms with Crippen LogP contribution in [0.2, 0.25) is 0 Å². The zero-order chi connectivity index (χ0) is 20.8. The number of hydrogen-bond donors (Lipinski definition) is 0. The molecule has 152 valence electrons. The number of carbonyl (C=O) groups excluding carboxylic acids is 1. The van der Waals surface area contributed by atoms with E-state index in [0.29, 0.717) is 6.61 Å². The van der Waals surface area contributed by atoms with Crippen molar-refractivity contribution in [2.24, 2.45) is 0 Å². The van der Waals surface area contributed by atoms with Gasteiger partial charge in [0, 0.05) is 27.6 Å². The van der Waals surface area contributed by atoms with Gasteiger partial charge < -0.3 is 9.64 Å². The lowest BCUT2D eigenvalue weighted by Gasteiger charge is -2.34. The number of carbonyl (C=O) groups is 1. The molecule has 2 aliphatic rings. The monoisotopic (exact) mass is 453 g/mol. The highest BCUT2D eigenvalue weighted by atomic mass is 79.9. The molecule has 0 saturated carbocycles. The minimum atomic E-state index is -0.206. The first-order valence-corrected chi connectivity index (χ1v) is 11.2. The topological polar surface area (TPSA) is 29.5 Å². The van der Waals surface area contributed by atoms with Crippen LogP contribution in [0.4, 0.5) is 0 Å². The van der Waals surface area contributed by atoms with Gasteiger partial charge >= 0.3 is 0 Å². The van der Waals surface area contributed by atoms with Gasteiger partial charge in [-0.05, 0) is 72.1 Å². The third-order valence-corrected chi connectivity index (χ3v) is 6.96. The van der Waals surface area contributed by atoms with E-state index in [0.717, 1.165) is 58.5 Å². The summed E-state index contributed by atoms with van der Waals surface area (Å²) in [6, 6.07) is 12.2. The number of benzene rings is 2. The summed E-state index contributed by atoms with van der Waals surface area (Å²) in [5.41, 5.74) is 6.13. The third-order valence-electron chi connectivity index (χ3n) is 6.47. The van der Waals surface area contributed by atoms with Crippen LogP contribution in [0.25, 0.3) is 5.57 Å². The third kappa shape index (κ3) is 3.47. The summed E-state index contributed by atoms with van der Waals surface area (Å²) in [7, 11) is 0. The van der Waals surface area contributed by atoms with Gasteiger partial charge in [0.05, 0.1) is 0 Å². The molecule has 2 aliphatic carbocycles. The number of likely N-dealkylation sites (N-methyl/N-ethyl adjacent to an activating group) is 1. The van der Waals surface area contributed by atoms with Gasteiger partial charge in [0.25, 0.3) is 0 Å². The molecule has 0 heterocycles. The van der Waals surface area contributed by atoms with Crippen LogP contribution in [-0.4, -0.2) is 36.9 Å². The first kappa shape index (κ1) is 20.4. The van der Waals surface area contributed by atoms with E-state index in [1.165, 1.54) is 11.1 Å². The van der Waals surface area contributed by atoms with E-state index in [-0.39, 0.29) is 11.2 Å². The van der Waals surface area contributed by atoms with E-state index in [9.17, 15) is 4.79 Å². The van der Waals surface area contributed by atoms with Crippen LogP contribution in [0, 0.1) is 0 Å². The molecule has 0 spiro atoms. The summed E-state index contributed by atoms with van der Waals surface area (Å²) < 4.78 is 7.11. The Bertz CT molecular complexity index is 1000. The maximum Gasteiger partial charge on any atom is 0.193 e. The van der Waals surface area contributed by atoms with Gasteiger partial charge in [0.2, 0.25) is 0 Å². The molecule has 0 unspecified atom stereocenters. The van der Waals surface area contributed by atoms with Crippen LogP contribution in [0.15, 0.2) is 46.4 Å². The van der Waals surface area contributed by atoms with Gasteiger partial charge in [-0.15, -0.1) is 0 Å². The molecule has 4 rings (SSSR count). The lowest BCUT2D eigenvalue weighted by atomic mass is 9.68. The molecule has 4 heteroatoms. The van der Waals surface area contributed by atoms with Crippen molar-refractivity contribution >= 4 is 27.3 Å². The zero-order valence-corrected chi connectivity index (χ0v) is 19.2. The van der Waals surface area contributed by atoms with Crippen molar-refractivity contribution in [3.8, 4) is 5.75 Å². The molecule has 0 bridgehead atoms. The fourth-order valence-electron chi connectivity index (χ4n) is 4.64. The van der Waals surface area contributed by atoms with E-state index < -0.39 is 0 Å². The number of hydrogen-bond acceptors (Lipinski definition) is 3. The Labute approximate surface area is 181 Å². The number of ketones is 1.